The van der Waals surface area contributed by atoms with E-state index in [2.05, 4.69) is 5.10 Å². The molecular weight excluding hydrogens is 393 g/mol. The third-order valence-corrected chi connectivity index (χ3v) is 5.40. The van der Waals surface area contributed by atoms with Gasteiger partial charge < -0.3 is 4.90 Å². The van der Waals surface area contributed by atoms with Crippen molar-refractivity contribution in [1.82, 2.24) is 14.7 Å². The highest BCUT2D eigenvalue weighted by Gasteiger charge is 2.32. The quantitative estimate of drug-likeness (QED) is 0.645. The number of carbonyl (C=O) groups excluding carboxylic acids is 1. The number of hydrogen-bond donors (Lipinski definition) is 0. The summed E-state index contributed by atoms with van der Waals surface area (Å²) in [7, 11) is 0. The first-order chi connectivity index (χ1) is 13.9. The third kappa shape index (κ3) is 3.80. The summed E-state index contributed by atoms with van der Waals surface area (Å²) in [5.74, 6) is -0.736. The lowest BCUT2D eigenvalue weighted by atomic mass is 10.0. The van der Waals surface area contributed by atoms with Crippen LogP contribution in [0.2, 0.25) is 5.02 Å². The molecule has 1 aliphatic rings. The lowest BCUT2D eigenvalue weighted by Crippen LogP contribution is -2.36. The molecule has 148 valence electrons. The molecule has 0 bridgehead atoms. The highest BCUT2D eigenvalue weighted by molar-refractivity contribution is 6.30. The molecule has 1 fully saturated rings. The number of halogens is 2. The molecular formula is C22H19ClFN3O2. The highest BCUT2D eigenvalue weighted by Crippen LogP contribution is 2.32. The van der Waals surface area contributed by atoms with Crippen molar-refractivity contribution in [3.8, 4) is 5.69 Å². The van der Waals surface area contributed by atoms with Gasteiger partial charge in [-0.05, 0) is 61.7 Å². The SMILES string of the molecule is Cc1cc(=O)c(C(=O)N2CCC[C@@H]2c2ccc(F)cc2)nn1-c1ccc(Cl)cc1. The van der Waals surface area contributed by atoms with Crippen molar-refractivity contribution in [3.05, 3.63) is 92.6 Å². The number of nitrogens with zero attached hydrogens (tertiary/aromatic N) is 3. The van der Waals surface area contributed by atoms with E-state index in [1.54, 1.807) is 52.9 Å². The van der Waals surface area contributed by atoms with Crippen LogP contribution in [0.3, 0.4) is 0 Å². The molecule has 0 N–H and O–H groups in total. The van der Waals surface area contributed by atoms with E-state index in [9.17, 15) is 14.0 Å². The molecule has 7 heteroatoms. The first kappa shape index (κ1) is 19.3. The van der Waals surface area contributed by atoms with Crippen molar-refractivity contribution in [1.29, 1.82) is 0 Å². The molecule has 1 atom stereocenters. The Morgan fingerprint density at radius 3 is 2.52 bits per heavy atom. The molecule has 1 aromatic heterocycles. The summed E-state index contributed by atoms with van der Waals surface area (Å²) in [6.45, 7) is 2.28. The molecule has 1 aliphatic heterocycles. The molecule has 0 spiro atoms. The van der Waals surface area contributed by atoms with Crippen LogP contribution in [0.4, 0.5) is 4.39 Å². The second-order valence-electron chi connectivity index (χ2n) is 7.09. The van der Waals surface area contributed by atoms with Gasteiger partial charge in [0.2, 0.25) is 5.43 Å². The topological polar surface area (TPSA) is 55.2 Å². The Kier molecular flexibility index (Phi) is 5.20. The minimum Gasteiger partial charge on any atom is -0.330 e. The molecule has 2 aromatic carbocycles. The molecule has 29 heavy (non-hydrogen) atoms. The fourth-order valence-corrected chi connectivity index (χ4v) is 3.84. The second-order valence-corrected chi connectivity index (χ2v) is 7.53. The van der Waals surface area contributed by atoms with Crippen LogP contribution < -0.4 is 5.43 Å². The number of rotatable bonds is 3. The summed E-state index contributed by atoms with van der Waals surface area (Å²) < 4.78 is 14.8. The number of hydrogen-bond acceptors (Lipinski definition) is 3. The average molecular weight is 412 g/mol. The van der Waals surface area contributed by atoms with Gasteiger partial charge in [0.05, 0.1) is 11.7 Å². The molecule has 2 heterocycles. The van der Waals surface area contributed by atoms with E-state index in [4.69, 9.17) is 11.6 Å². The summed E-state index contributed by atoms with van der Waals surface area (Å²) in [5.41, 5.74) is 1.63. The van der Waals surface area contributed by atoms with Crippen LogP contribution in [0.1, 0.15) is 40.6 Å². The molecule has 5 nitrogen and oxygen atoms in total. The number of carbonyl (C=O) groups is 1. The lowest BCUT2D eigenvalue weighted by Gasteiger charge is -2.25. The Morgan fingerprint density at radius 2 is 1.83 bits per heavy atom. The van der Waals surface area contributed by atoms with E-state index in [0.29, 0.717) is 22.9 Å². The molecule has 0 radical (unpaired) electrons. The minimum atomic E-state index is -0.414. The van der Waals surface area contributed by atoms with Gasteiger partial charge in [-0.15, -0.1) is 0 Å². The molecule has 1 amide bonds. The fraction of sp³-hybridized carbons (Fsp3) is 0.227. The van der Waals surface area contributed by atoms with Gasteiger partial charge in [-0.1, -0.05) is 23.7 Å². The Bertz CT molecular complexity index is 1110. The van der Waals surface area contributed by atoms with Crippen LogP contribution in [-0.2, 0) is 0 Å². The molecule has 0 aliphatic carbocycles. The van der Waals surface area contributed by atoms with Crippen molar-refractivity contribution < 1.29 is 9.18 Å². The molecule has 4 rings (SSSR count). The Labute approximate surface area is 172 Å². The monoisotopic (exact) mass is 411 g/mol. The van der Waals surface area contributed by atoms with E-state index >= 15 is 0 Å². The maximum atomic E-state index is 13.3. The van der Waals surface area contributed by atoms with Gasteiger partial charge in [0.25, 0.3) is 5.91 Å². The Balaban J connectivity index is 1.71. The Morgan fingerprint density at radius 1 is 1.14 bits per heavy atom. The number of aromatic nitrogens is 2. The van der Waals surface area contributed by atoms with E-state index in [-0.39, 0.29) is 17.6 Å². The van der Waals surface area contributed by atoms with Gasteiger partial charge in [0, 0.05) is 23.3 Å². The summed E-state index contributed by atoms with van der Waals surface area (Å²) in [6.07, 6.45) is 1.57. The van der Waals surface area contributed by atoms with Crippen LogP contribution in [-0.4, -0.2) is 27.1 Å². The standard InChI is InChI=1S/C22H19ClFN3O2/c1-14-13-20(28)21(25-27(14)18-10-6-16(23)7-11-18)22(29)26-12-2-3-19(26)15-4-8-17(24)9-5-15/h4-11,13,19H,2-3,12H2,1H3/t19-/m1/s1. The Hall–Kier alpha value is -2.99. The first-order valence-corrected chi connectivity index (χ1v) is 9.75. The maximum Gasteiger partial charge on any atom is 0.278 e. The molecule has 1 saturated heterocycles. The number of amides is 1. The van der Waals surface area contributed by atoms with E-state index < -0.39 is 11.3 Å². The van der Waals surface area contributed by atoms with Crippen molar-refractivity contribution >= 4 is 17.5 Å². The summed E-state index contributed by atoms with van der Waals surface area (Å²) in [6, 6.07) is 14.3. The van der Waals surface area contributed by atoms with Gasteiger partial charge in [-0.25, -0.2) is 9.07 Å². The number of aryl methyl sites for hydroxylation is 1. The third-order valence-electron chi connectivity index (χ3n) is 5.15. The first-order valence-electron chi connectivity index (χ1n) is 9.37. The molecule has 0 unspecified atom stereocenters. The summed E-state index contributed by atoms with van der Waals surface area (Å²) >= 11 is 5.95. The van der Waals surface area contributed by atoms with Crippen molar-refractivity contribution in [3.63, 3.8) is 0 Å². The summed E-state index contributed by atoms with van der Waals surface area (Å²) in [4.78, 5) is 27.4. The van der Waals surface area contributed by atoms with Crippen LogP contribution >= 0.6 is 11.6 Å². The van der Waals surface area contributed by atoms with Gasteiger partial charge in [-0.2, -0.15) is 5.10 Å². The van der Waals surface area contributed by atoms with Gasteiger partial charge in [-0.3, -0.25) is 9.59 Å². The lowest BCUT2D eigenvalue weighted by molar-refractivity contribution is 0.0726. The van der Waals surface area contributed by atoms with Crippen molar-refractivity contribution in [2.45, 2.75) is 25.8 Å². The van der Waals surface area contributed by atoms with Gasteiger partial charge in [0.15, 0.2) is 5.69 Å². The predicted octanol–water partition coefficient (Wildman–Crippen LogP) is 4.31. The van der Waals surface area contributed by atoms with Crippen LogP contribution in [0, 0.1) is 12.7 Å². The predicted molar refractivity (Wildman–Crippen MR) is 109 cm³/mol. The van der Waals surface area contributed by atoms with Gasteiger partial charge in [0.1, 0.15) is 5.82 Å². The highest BCUT2D eigenvalue weighted by atomic mass is 35.5. The zero-order valence-corrected chi connectivity index (χ0v) is 16.6. The fourth-order valence-electron chi connectivity index (χ4n) is 3.72. The van der Waals surface area contributed by atoms with Crippen LogP contribution in [0.15, 0.2) is 59.4 Å². The maximum absolute atomic E-state index is 13.3. The van der Waals surface area contributed by atoms with E-state index in [0.717, 1.165) is 18.4 Å². The zero-order chi connectivity index (χ0) is 20.5. The largest absolute Gasteiger partial charge is 0.330 e. The van der Waals surface area contributed by atoms with Crippen LogP contribution in [0.25, 0.3) is 5.69 Å². The smallest absolute Gasteiger partial charge is 0.278 e. The normalized spacial score (nSPS) is 16.2. The van der Waals surface area contributed by atoms with E-state index in [1.807, 2.05) is 0 Å². The van der Waals surface area contributed by atoms with Crippen molar-refractivity contribution in [2.24, 2.45) is 0 Å². The molecule has 3 aromatic rings. The second kappa shape index (κ2) is 7.79. The average Bonchev–Trinajstić information content (AvgIpc) is 3.19. The number of benzene rings is 2. The number of likely N-dealkylation sites (tertiary alicyclic amines) is 1. The van der Waals surface area contributed by atoms with Crippen molar-refractivity contribution in [2.75, 3.05) is 6.54 Å². The minimum absolute atomic E-state index is 0.125. The molecule has 0 saturated carbocycles. The van der Waals surface area contributed by atoms with E-state index in [1.165, 1.54) is 18.2 Å². The van der Waals surface area contributed by atoms with Crippen LogP contribution in [0.5, 0.6) is 0 Å². The zero-order valence-electron chi connectivity index (χ0n) is 15.8. The summed E-state index contributed by atoms with van der Waals surface area (Å²) in [5, 5.41) is 4.95. The van der Waals surface area contributed by atoms with Gasteiger partial charge >= 0.3 is 0 Å².